The van der Waals surface area contributed by atoms with E-state index in [1.54, 1.807) is 10.5 Å². The van der Waals surface area contributed by atoms with Crippen LogP contribution in [0.2, 0.25) is 0 Å². The van der Waals surface area contributed by atoms with Crippen LogP contribution >= 0.6 is 0 Å². The van der Waals surface area contributed by atoms with Crippen molar-refractivity contribution in [1.29, 1.82) is 0 Å². The Kier molecular flexibility index (Phi) is 6.75. The Morgan fingerprint density at radius 3 is 2.24 bits per heavy atom. The van der Waals surface area contributed by atoms with Gasteiger partial charge in [0, 0.05) is 43.2 Å². The summed E-state index contributed by atoms with van der Waals surface area (Å²) in [4.78, 5) is 11.4. The van der Waals surface area contributed by atoms with E-state index in [0.29, 0.717) is 25.6 Å². The van der Waals surface area contributed by atoms with Crippen molar-refractivity contribution in [3.63, 3.8) is 0 Å². The topological polar surface area (TPSA) is 75.6 Å². The Morgan fingerprint density at radius 2 is 1.59 bits per heavy atom. The minimum atomic E-state index is -3.15. The number of nitrogens with zero attached hydrogens (tertiary/aromatic N) is 4. The maximum Gasteiger partial charge on any atom is 0.225 e. The fraction of sp³-hybridized carbons (Fsp3) is 0.448. The van der Waals surface area contributed by atoms with Crippen LogP contribution in [0.15, 0.2) is 60.8 Å². The van der Waals surface area contributed by atoms with Gasteiger partial charge in [0.25, 0.3) is 0 Å². The van der Waals surface area contributed by atoms with Crippen LogP contribution in [-0.4, -0.2) is 55.1 Å². The predicted octanol–water partition coefficient (Wildman–Crippen LogP) is 4.55. The lowest BCUT2D eigenvalue weighted by atomic mass is 9.78. The van der Waals surface area contributed by atoms with E-state index in [9.17, 15) is 8.42 Å². The van der Waals surface area contributed by atoms with Crippen molar-refractivity contribution in [2.45, 2.75) is 45.6 Å². The lowest BCUT2D eigenvalue weighted by Gasteiger charge is -2.26. The molecule has 1 aromatic heterocycles. The summed E-state index contributed by atoms with van der Waals surface area (Å²) in [5.41, 5.74) is 4.49. The molecule has 1 unspecified atom stereocenters. The third-order valence-corrected chi connectivity index (χ3v) is 9.28. The number of benzene rings is 2. The molecule has 0 N–H and O–H groups in total. The number of aryl methyl sites for hydroxylation is 1. The molecule has 2 aromatic carbocycles. The molecule has 0 bridgehead atoms. The number of aromatic nitrogens is 2. The summed E-state index contributed by atoms with van der Waals surface area (Å²) < 4.78 is 31.6. The number of sulfonamides is 1. The average molecular weight is 521 g/mol. The van der Waals surface area contributed by atoms with Gasteiger partial charge in [-0.15, -0.1) is 0 Å². The monoisotopic (exact) mass is 520 g/mol. The molecule has 1 spiro atoms. The van der Waals surface area contributed by atoms with Crippen molar-refractivity contribution in [3.05, 3.63) is 83.2 Å². The van der Waals surface area contributed by atoms with Crippen molar-refractivity contribution < 1.29 is 13.2 Å². The highest BCUT2D eigenvalue weighted by atomic mass is 32.2. The van der Waals surface area contributed by atoms with Crippen LogP contribution < -0.4 is 9.64 Å². The first-order chi connectivity index (χ1) is 17.5. The number of anilines is 1. The summed E-state index contributed by atoms with van der Waals surface area (Å²) in [6.07, 6.45) is 4.91. The van der Waals surface area contributed by atoms with Crippen LogP contribution in [0.1, 0.15) is 49.1 Å². The summed E-state index contributed by atoms with van der Waals surface area (Å²) >= 11 is 0. The molecule has 2 aliphatic rings. The van der Waals surface area contributed by atoms with Gasteiger partial charge >= 0.3 is 0 Å². The van der Waals surface area contributed by atoms with E-state index in [2.05, 4.69) is 67.1 Å². The molecule has 0 saturated carbocycles. The van der Waals surface area contributed by atoms with Crippen LogP contribution in [0.25, 0.3) is 0 Å². The Bertz CT molecular complexity index is 1360. The minimum absolute atomic E-state index is 0.00690. The van der Waals surface area contributed by atoms with Gasteiger partial charge in [0.05, 0.1) is 11.9 Å². The number of rotatable bonds is 7. The number of hydrogen-bond donors (Lipinski definition) is 0. The van der Waals surface area contributed by atoms with Crippen molar-refractivity contribution in [1.82, 2.24) is 14.3 Å². The second kappa shape index (κ2) is 9.72. The Balaban J connectivity index is 1.21. The summed E-state index contributed by atoms with van der Waals surface area (Å²) in [5, 5.41) is 0. The van der Waals surface area contributed by atoms with E-state index < -0.39 is 10.0 Å². The number of hydrogen-bond acceptors (Lipinski definition) is 6. The average Bonchev–Trinajstić information content (AvgIpc) is 3.50. The van der Waals surface area contributed by atoms with Gasteiger partial charge in [0.2, 0.25) is 16.0 Å². The Morgan fingerprint density at radius 1 is 0.946 bits per heavy atom. The summed E-state index contributed by atoms with van der Waals surface area (Å²) in [7, 11) is -3.15. The molecule has 196 valence electrons. The smallest absolute Gasteiger partial charge is 0.225 e. The normalized spacial score (nSPS) is 20.6. The highest BCUT2D eigenvalue weighted by Crippen LogP contribution is 2.41. The fourth-order valence-electron chi connectivity index (χ4n) is 5.50. The molecule has 0 aliphatic carbocycles. The van der Waals surface area contributed by atoms with Gasteiger partial charge in [-0.3, -0.25) is 0 Å². The molecule has 3 aromatic rings. The summed E-state index contributed by atoms with van der Waals surface area (Å²) in [6, 6.07) is 18.9. The number of ether oxygens (including phenoxy) is 1. The third-order valence-electron chi connectivity index (χ3n) is 8.03. The van der Waals surface area contributed by atoms with Crippen LogP contribution in [0, 0.1) is 12.3 Å². The standard InChI is InChI=1S/C29H36N4O3S/c1-22-5-7-23(8-6-22)28(2,3)24-9-11-26(12-10-24)36-19-25-13-16-30-27(31-25)32-17-14-29(20-32)15-18-33(21-29)37(4,34)35/h5-13,16H,14-15,17-21H2,1-4H3. The SMILES string of the molecule is Cc1ccc(C(C)(C)c2ccc(OCc3ccnc(N4CCC5(CCN(S(C)(=O)=O)C5)C4)n3)cc2)cc1. The lowest BCUT2D eigenvalue weighted by molar-refractivity contribution is 0.301. The Labute approximate surface area is 220 Å². The summed E-state index contributed by atoms with van der Waals surface area (Å²) in [6.45, 7) is 9.74. The molecule has 3 heterocycles. The zero-order valence-corrected chi connectivity index (χ0v) is 23.0. The van der Waals surface area contributed by atoms with Gasteiger partial charge in [-0.1, -0.05) is 55.8 Å². The zero-order valence-electron chi connectivity index (χ0n) is 22.1. The van der Waals surface area contributed by atoms with Gasteiger partial charge < -0.3 is 9.64 Å². The molecule has 8 heteroatoms. The molecular weight excluding hydrogens is 484 g/mol. The maximum atomic E-state index is 12.0. The first-order valence-electron chi connectivity index (χ1n) is 12.9. The van der Waals surface area contributed by atoms with E-state index in [1.165, 1.54) is 22.9 Å². The first-order valence-corrected chi connectivity index (χ1v) is 14.7. The van der Waals surface area contributed by atoms with E-state index in [-0.39, 0.29) is 10.8 Å². The van der Waals surface area contributed by atoms with E-state index >= 15 is 0 Å². The maximum absolute atomic E-state index is 12.0. The second-order valence-electron chi connectivity index (χ2n) is 11.2. The van der Waals surface area contributed by atoms with Gasteiger partial charge in [0.1, 0.15) is 12.4 Å². The Hall–Kier alpha value is -2.97. The molecule has 1 atom stereocenters. The van der Waals surface area contributed by atoms with Gasteiger partial charge in [-0.05, 0) is 49.1 Å². The van der Waals surface area contributed by atoms with Crippen LogP contribution in [0.5, 0.6) is 5.75 Å². The van der Waals surface area contributed by atoms with Crippen molar-refractivity contribution in [2.75, 3.05) is 37.3 Å². The van der Waals surface area contributed by atoms with Crippen molar-refractivity contribution in [3.8, 4) is 5.75 Å². The highest BCUT2D eigenvalue weighted by molar-refractivity contribution is 7.88. The van der Waals surface area contributed by atoms with Gasteiger partial charge in [-0.2, -0.15) is 0 Å². The first kappa shape index (κ1) is 25.7. The van der Waals surface area contributed by atoms with Crippen LogP contribution in [0.4, 0.5) is 5.95 Å². The molecular formula is C29H36N4O3S. The highest BCUT2D eigenvalue weighted by Gasteiger charge is 2.46. The van der Waals surface area contributed by atoms with E-state index in [4.69, 9.17) is 9.72 Å². The minimum Gasteiger partial charge on any atom is -0.487 e. The molecule has 2 fully saturated rings. The molecule has 2 aliphatic heterocycles. The van der Waals surface area contributed by atoms with E-state index in [0.717, 1.165) is 37.4 Å². The second-order valence-corrected chi connectivity index (χ2v) is 13.2. The molecule has 7 nitrogen and oxygen atoms in total. The molecule has 37 heavy (non-hydrogen) atoms. The molecule has 2 saturated heterocycles. The predicted molar refractivity (Wildman–Crippen MR) is 146 cm³/mol. The third kappa shape index (κ3) is 5.50. The fourth-order valence-corrected chi connectivity index (χ4v) is 6.43. The molecule has 0 radical (unpaired) electrons. The lowest BCUT2D eigenvalue weighted by Crippen LogP contribution is -2.33. The van der Waals surface area contributed by atoms with Crippen LogP contribution in [-0.2, 0) is 22.0 Å². The van der Waals surface area contributed by atoms with E-state index in [1.807, 2.05) is 18.2 Å². The zero-order chi connectivity index (χ0) is 26.3. The van der Waals surface area contributed by atoms with Crippen LogP contribution in [0.3, 0.4) is 0 Å². The largest absolute Gasteiger partial charge is 0.487 e. The van der Waals surface area contributed by atoms with Gasteiger partial charge in [0.15, 0.2) is 0 Å². The van der Waals surface area contributed by atoms with Crippen molar-refractivity contribution >= 4 is 16.0 Å². The molecule has 5 rings (SSSR count). The van der Waals surface area contributed by atoms with Gasteiger partial charge in [-0.25, -0.2) is 22.7 Å². The summed E-state index contributed by atoms with van der Waals surface area (Å²) in [5.74, 6) is 1.49. The molecule has 0 amide bonds. The quantitative estimate of drug-likeness (QED) is 0.455. The van der Waals surface area contributed by atoms with Crippen molar-refractivity contribution in [2.24, 2.45) is 5.41 Å².